The van der Waals surface area contributed by atoms with Crippen molar-refractivity contribution >= 4 is 11.9 Å². The Hall–Kier alpha value is -1.39. The van der Waals surface area contributed by atoms with Crippen molar-refractivity contribution in [3.63, 3.8) is 0 Å². The second-order valence-electron chi connectivity index (χ2n) is 6.24. The number of carbonyl (C=O) groups excluding carboxylic acids is 1. The van der Waals surface area contributed by atoms with E-state index in [1.807, 2.05) is 0 Å². The minimum atomic E-state index is 0.0686. The smallest absolute Gasteiger partial charge is 0.229 e. The van der Waals surface area contributed by atoms with Crippen LogP contribution in [0.5, 0.6) is 0 Å². The molecule has 1 aliphatic carbocycles. The van der Waals surface area contributed by atoms with E-state index in [9.17, 15) is 4.79 Å². The quantitative estimate of drug-likeness (QED) is 0.847. The molecule has 0 aromatic carbocycles. The van der Waals surface area contributed by atoms with E-state index in [0.717, 1.165) is 31.6 Å². The highest BCUT2D eigenvalue weighted by atomic mass is 16.2. The first-order valence-corrected chi connectivity index (χ1v) is 6.63. The first-order chi connectivity index (χ1) is 8.47. The highest BCUT2D eigenvalue weighted by Gasteiger charge is 2.32. The van der Waals surface area contributed by atoms with Gasteiger partial charge < -0.3 is 0 Å². The molecule has 2 rings (SSSR count). The predicted octanol–water partition coefficient (Wildman–Crippen LogP) is 2.60. The van der Waals surface area contributed by atoms with Crippen LogP contribution >= 0.6 is 0 Å². The van der Waals surface area contributed by atoms with Gasteiger partial charge in [0.15, 0.2) is 0 Å². The molecule has 0 bridgehead atoms. The van der Waals surface area contributed by atoms with Crippen molar-refractivity contribution < 1.29 is 4.79 Å². The third-order valence-corrected chi connectivity index (χ3v) is 3.98. The average Bonchev–Trinajstić information content (AvgIpc) is 2.81. The van der Waals surface area contributed by atoms with E-state index in [1.165, 1.54) is 6.33 Å². The van der Waals surface area contributed by atoms with E-state index < -0.39 is 0 Å². The zero-order valence-corrected chi connectivity index (χ0v) is 11.4. The van der Waals surface area contributed by atoms with Gasteiger partial charge in [0, 0.05) is 5.92 Å². The second-order valence-corrected chi connectivity index (χ2v) is 6.24. The van der Waals surface area contributed by atoms with Gasteiger partial charge in [-0.15, -0.1) is 0 Å². The lowest BCUT2D eigenvalue weighted by atomic mass is 9.70. The highest BCUT2D eigenvalue weighted by Crippen LogP contribution is 2.39. The highest BCUT2D eigenvalue weighted by molar-refractivity contribution is 5.90. The van der Waals surface area contributed by atoms with Gasteiger partial charge in [0.25, 0.3) is 0 Å². The number of hydrogen-bond donors (Lipinski definition) is 2. The van der Waals surface area contributed by atoms with Crippen molar-refractivity contribution in [3.05, 3.63) is 6.33 Å². The van der Waals surface area contributed by atoms with Crippen LogP contribution in [0.4, 0.5) is 5.95 Å². The largest absolute Gasteiger partial charge is 0.295 e. The summed E-state index contributed by atoms with van der Waals surface area (Å²) in [5, 5.41) is 9.14. The zero-order valence-electron chi connectivity index (χ0n) is 11.4. The second kappa shape index (κ2) is 5.08. The molecule has 0 atom stereocenters. The number of H-pyrrole nitrogens is 1. The van der Waals surface area contributed by atoms with Gasteiger partial charge in [0.05, 0.1) is 0 Å². The Bertz CT molecular complexity index is 386. The van der Waals surface area contributed by atoms with E-state index in [0.29, 0.717) is 11.4 Å². The van der Waals surface area contributed by atoms with Crippen LogP contribution in [0, 0.1) is 17.3 Å². The molecule has 100 valence electrons. The number of nitrogens with zero attached hydrogens (tertiary/aromatic N) is 2. The molecule has 0 saturated heterocycles. The Morgan fingerprint density at radius 2 is 2.00 bits per heavy atom. The van der Waals surface area contributed by atoms with Crippen molar-refractivity contribution in [2.45, 2.75) is 46.5 Å². The number of hydrogen-bond acceptors (Lipinski definition) is 3. The van der Waals surface area contributed by atoms with E-state index in [-0.39, 0.29) is 11.8 Å². The van der Waals surface area contributed by atoms with Crippen LogP contribution in [0.1, 0.15) is 46.5 Å². The molecule has 1 aromatic rings. The molecule has 1 aromatic heterocycles. The van der Waals surface area contributed by atoms with Crippen LogP contribution in [0.25, 0.3) is 0 Å². The van der Waals surface area contributed by atoms with Gasteiger partial charge in [0.1, 0.15) is 6.33 Å². The van der Waals surface area contributed by atoms with Crippen LogP contribution in [-0.4, -0.2) is 21.1 Å². The Balaban J connectivity index is 1.84. The summed E-state index contributed by atoms with van der Waals surface area (Å²) >= 11 is 0. The number of carbonyl (C=O) groups is 1. The van der Waals surface area contributed by atoms with Gasteiger partial charge in [-0.1, -0.05) is 20.8 Å². The summed E-state index contributed by atoms with van der Waals surface area (Å²) in [4.78, 5) is 15.9. The molecule has 1 saturated carbocycles. The summed E-state index contributed by atoms with van der Waals surface area (Å²) in [7, 11) is 0. The molecule has 1 heterocycles. The van der Waals surface area contributed by atoms with Crippen molar-refractivity contribution in [1.82, 2.24) is 15.2 Å². The van der Waals surface area contributed by atoms with Gasteiger partial charge in [-0.2, -0.15) is 10.1 Å². The minimum absolute atomic E-state index is 0.0686. The van der Waals surface area contributed by atoms with Crippen molar-refractivity contribution in [1.29, 1.82) is 0 Å². The van der Waals surface area contributed by atoms with Gasteiger partial charge >= 0.3 is 0 Å². The SMILES string of the molecule is CC(C)(C)C1CCC(C(=O)Nc2ncn[nH]2)CC1. The van der Waals surface area contributed by atoms with E-state index >= 15 is 0 Å². The Morgan fingerprint density at radius 1 is 1.33 bits per heavy atom. The molecule has 0 radical (unpaired) electrons. The maximum atomic E-state index is 12.0. The molecule has 5 heteroatoms. The third kappa shape index (κ3) is 3.09. The topological polar surface area (TPSA) is 70.7 Å². The summed E-state index contributed by atoms with van der Waals surface area (Å²) in [5.74, 6) is 1.36. The van der Waals surface area contributed by atoms with Crippen molar-refractivity contribution in [3.8, 4) is 0 Å². The summed E-state index contributed by atoms with van der Waals surface area (Å²) < 4.78 is 0. The fraction of sp³-hybridized carbons (Fsp3) is 0.769. The molecule has 5 nitrogen and oxygen atoms in total. The molecule has 1 aliphatic rings. The maximum Gasteiger partial charge on any atom is 0.229 e. The predicted molar refractivity (Wildman–Crippen MR) is 69.9 cm³/mol. The van der Waals surface area contributed by atoms with Crippen molar-refractivity contribution in [2.75, 3.05) is 5.32 Å². The van der Waals surface area contributed by atoms with Crippen LogP contribution < -0.4 is 5.32 Å². The molecule has 1 fully saturated rings. The lowest BCUT2D eigenvalue weighted by Gasteiger charge is -2.36. The zero-order chi connectivity index (χ0) is 13.2. The lowest BCUT2D eigenvalue weighted by Crippen LogP contribution is -2.31. The maximum absolute atomic E-state index is 12.0. The number of aromatic amines is 1. The molecular weight excluding hydrogens is 228 g/mol. The Morgan fingerprint density at radius 3 is 2.50 bits per heavy atom. The Labute approximate surface area is 108 Å². The molecule has 2 N–H and O–H groups in total. The summed E-state index contributed by atoms with van der Waals surface area (Å²) in [6.07, 6.45) is 5.62. The van der Waals surface area contributed by atoms with Crippen molar-refractivity contribution in [2.24, 2.45) is 17.3 Å². The number of amides is 1. The number of aromatic nitrogens is 3. The number of nitrogens with one attached hydrogen (secondary N) is 2. The fourth-order valence-corrected chi connectivity index (χ4v) is 2.71. The molecule has 0 spiro atoms. The number of anilines is 1. The first kappa shape index (κ1) is 13.1. The van der Waals surface area contributed by atoms with E-state index in [4.69, 9.17) is 0 Å². The summed E-state index contributed by atoms with van der Waals surface area (Å²) in [6.45, 7) is 6.85. The standard InChI is InChI=1S/C13H22N4O/c1-13(2,3)10-6-4-9(5-7-10)11(18)16-12-14-8-15-17-12/h8-10H,4-7H2,1-3H3,(H2,14,15,16,17,18). The van der Waals surface area contributed by atoms with Gasteiger partial charge in [0.2, 0.25) is 11.9 Å². The lowest BCUT2D eigenvalue weighted by molar-refractivity contribution is -0.121. The Kier molecular flexibility index (Phi) is 3.68. The van der Waals surface area contributed by atoms with Crippen LogP contribution in [0.3, 0.4) is 0 Å². The summed E-state index contributed by atoms with van der Waals surface area (Å²) in [5.41, 5.74) is 0.354. The average molecular weight is 250 g/mol. The van der Waals surface area contributed by atoms with E-state index in [2.05, 4.69) is 41.3 Å². The number of rotatable bonds is 2. The van der Waals surface area contributed by atoms with Crippen LogP contribution in [-0.2, 0) is 4.79 Å². The third-order valence-electron chi connectivity index (χ3n) is 3.98. The van der Waals surface area contributed by atoms with Gasteiger partial charge in [-0.05, 0) is 37.0 Å². The first-order valence-electron chi connectivity index (χ1n) is 6.63. The molecule has 18 heavy (non-hydrogen) atoms. The van der Waals surface area contributed by atoms with Gasteiger partial charge in [-0.25, -0.2) is 5.10 Å². The van der Waals surface area contributed by atoms with E-state index in [1.54, 1.807) is 0 Å². The van der Waals surface area contributed by atoms with Crippen LogP contribution in [0.15, 0.2) is 6.33 Å². The van der Waals surface area contributed by atoms with Crippen LogP contribution in [0.2, 0.25) is 0 Å². The monoisotopic (exact) mass is 250 g/mol. The fourth-order valence-electron chi connectivity index (χ4n) is 2.71. The molecule has 0 unspecified atom stereocenters. The molecule has 0 aliphatic heterocycles. The minimum Gasteiger partial charge on any atom is -0.295 e. The van der Waals surface area contributed by atoms with Gasteiger partial charge in [-0.3, -0.25) is 10.1 Å². The normalized spacial score (nSPS) is 24.8. The molecule has 1 amide bonds. The molecular formula is C13H22N4O. The summed E-state index contributed by atoms with van der Waals surface area (Å²) in [6, 6.07) is 0.